The Hall–Kier alpha value is -0.570. The van der Waals surface area contributed by atoms with E-state index in [-0.39, 0.29) is 5.41 Å². The van der Waals surface area contributed by atoms with E-state index >= 15 is 0 Å². The highest BCUT2D eigenvalue weighted by molar-refractivity contribution is 6.31. The Morgan fingerprint density at radius 3 is 2.67 bits per heavy atom. The highest BCUT2D eigenvalue weighted by Crippen LogP contribution is 2.38. The quantitative estimate of drug-likeness (QED) is 0.826. The van der Waals surface area contributed by atoms with Gasteiger partial charge in [0, 0.05) is 30.2 Å². The van der Waals surface area contributed by atoms with Gasteiger partial charge in [-0.25, -0.2) is 0 Å². The lowest BCUT2D eigenvalue weighted by Gasteiger charge is -2.38. The first kappa shape index (κ1) is 13.9. The van der Waals surface area contributed by atoms with Crippen LogP contribution in [-0.2, 0) is 10.2 Å². The average Bonchev–Trinajstić information content (AvgIpc) is 2.40. The van der Waals surface area contributed by atoms with Crippen LogP contribution in [0.15, 0.2) is 24.3 Å². The summed E-state index contributed by atoms with van der Waals surface area (Å²) in [6.07, 6.45) is 3.26. The third kappa shape index (κ3) is 3.05. The van der Waals surface area contributed by atoms with E-state index in [2.05, 4.69) is 24.4 Å². The van der Waals surface area contributed by atoms with E-state index in [4.69, 9.17) is 16.3 Å². The zero-order valence-corrected chi connectivity index (χ0v) is 11.8. The predicted octanol–water partition coefficient (Wildman–Crippen LogP) is 3.39. The van der Waals surface area contributed by atoms with E-state index < -0.39 is 0 Å². The first-order valence-corrected chi connectivity index (χ1v) is 7.20. The molecule has 0 aliphatic carbocycles. The molecule has 0 atom stereocenters. The molecule has 2 nitrogen and oxygen atoms in total. The van der Waals surface area contributed by atoms with Gasteiger partial charge in [0.1, 0.15) is 0 Å². The number of benzene rings is 1. The molecule has 1 fully saturated rings. The second-order valence-corrected chi connectivity index (χ2v) is 5.46. The molecule has 0 saturated carbocycles. The molecule has 0 amide bonds. The van der Waals surface area contributed by atoms with Crippen molar-refractivity contribution < 1.29 is 4.74 Å². The largest absolute Gasteiger partial charge is 0.381 e. The Balaban J connectivity index is 2.21. The van der Waals surface area contributed by atoms with Crippen molar-refractivity contribution in [3.63, 3.8) is 0 Å². The first-order valence-electron chi connectivity index (χ1n) is 6.82. The van der Waals surface area contributed by atoms with Crippen molar-refractivity contribution in [2.75, 3.05) is 26.3 Å². The summed E-state index contributed by atoms with van der Waals surface area (Å²) in [4.78, 5) is 0. The maximum atomic E-state index is 6.39. The van der Waals surface area contributed by atoms with Gasteiger partial charge in [-0.3, -0.25) is 0 Å². The smallest absolute Gasteiger partial charge is 0.0475 e. The lowest BCUT2D eigenvalue weighted by atomic mass is 9.74. The van der Waals surface area contributed by atoms with Crippen LogP contribution in [0.3, 0.4) is 0 Å². The Labute approximate surface area is 115 Å². The van der Waals surface area contributed by atoms with Crippen molar-refractivity contribution in [2.24, 2.45) is 0 Å². The maximum Gasteiger partial charge on any atom is 0.0475 e. The molecule has 0 spiro atoms. The zero-order chi connectivity index (χ0) is 12.8. The van der Waals surface area contributed by atoms with Crippen molar-refractivity contribution in [3.05, 3.63) is 34.9 Å². The summed E-state index contributed by atoms with van der Waals surface area (Å²) < 4.78 is 5.52. The second kappa shape index (κ2) is 6.55. The lowest BCUT2D eigenvalue weighted by molar-refractivity contribution is 0.0500. The fourth-order valence-electron chi connectivity index (χ4n) is 2.70. The van der Waals surface area contributed by atoms with Crippen molar-refractivity contribution in [1.29, 1.82) is 0 Å². The van der Waals surface area contributed by atoms with Gasteiger partial charge in [-0.05, 0) is 37.4 Å². The Kier molecular flexibility index (Phi) is 5.04. The molecule has 0 unspecified atom stereocenters. The van der Waals surface area contributed by atoms with Crippen LogP contribution in [0, 0.1) is 0 Å². The predicted molar refractivity (Wildman–Crippen MR) is 76.3 cm³/mol. The van der Waals surface area contributed by atoms with Crippen LogP contribution < -0.4 is 5.32 Å². The summed E-state index contributed by atoms with van der Waals surface area (Å²) in [7, 11) is 0. The van der Waals surface area contributed by atoms with Crippen LogP contribution in [-0.4, -0.2) is 26.3 Å². The number of ether oxygens (including phenoxy) is 1. The minimum Gasteiger partial charge on any atom is -0.381 e. The standard InChI is InChI=1S/C15H22ClNO/c1-2-9-17-12-15(7-10-18-11-8-15)13-5-3-4-6-14(13)16/h3-6,17H,2,7-12H2,1H3. The highest BCUT2D eigenvalue weighted by Gasteiger charge is 2.35. The Bertz CT molecular complexity index is 375. The van der Waals surface area contributed by atoms with E-state index in [9.17, 15) is 0 Å². The van der Waals surface area contributed by atoms with Gasteiger partial charge < -0.3 is 10.1 Å². The molecule has 2 rings (SSSR count). The number of nitrogens with one attached hydrogen (secondary N) is 1. The van der Waals surface area contributed by atoms with Gasteiger partial charge in [0.15, 0.2) is 0 Å². The number of halogens is 1. The Morgan fingerprint density at radius 2 is 2.00 bits per heavy atom. The number of hydrogen-bond donors (Lipinski definition) is 1. The van der Waals surface area contributed by atoms with Gasteiger partial charge >= 0.3 is 0 Å². The van der Waals surface area contributed by atoms with Crippen molar-refractivity contribution in [2.45, 2.75) is 31.6 Å². The van der Waals surface area contributed by atoms with Crippen LogP contribution in [0.5, 0.6) is 0 Å². The van der Waals surface area contributed by atoms with E-state index in [0.29, 0.717) is 0 Å². The topological polar surface area (TPSA) is 21.3 Å². The molecule has 1 aliphatic heterocycles. The average molecular weight is 268 g/mol. The molecule has 0 bridgehead atoms. The monoisotopic (exact) mass is 267 g/mol. The minimum atomic E-state index is 0.145. The molecule has 0 aromatic heterocycles. The molecule has 3 heteroatoms. The van der Waals surface area contributed by atoms with Gasteiger partial charge in [0.05, 0.1) is 0 Å². The molecule has 18 heavy (non-hydrogen) atoms. The lowest BCUT2D eigenvalue weighted by Crippen LogP contribution is -2.43. The van der Waals surface area contributed by atoms with Gasteiger partial charge in [-0.15, -0.1) is 0 Å². The van der Waals surface area contributed by atoms with E-state index in [1.54, 1.807) is 0 Å². The molecule has 1 saturated heterocycles. The molecule has 1 aliphatic rings. The highest BCUT2D eigenvalue weighted by atomic mass is 35.5. The van der Waals surface area contributed by atoms with E-state index in [1.807, 2.05) is 12.1 Å². The SMILES string of the molecule is CCCNCC1(c2ccccc2Cl)CCOCC1. The van der Waals surface area contributed by atoms with Gasteiger partial charge in [0.25, 0.3) is 0 Å². The fourth-order valence-corrected chi connectivity index (χ4v) is 3.04. The maximum absolute atomic E-state index is 6.39. The van der Waals surface area contributed by atoms with Crippen LogP contribution in [0.25, 0.3) is 0 Å². The summed E-state index contributed by atoms with van der Waals surface area (Å²) in [5.41, 5.74) is 1.42. The van der Waals surface area contributed by atoms with Crippen molar-refractivity contribution >= 4 is 11.6 Å². The normalized spacial score (nSPS) is 18.8. The Morgan fingerprint density at radius 1 is 1.28 bits per heavy atom. The van der Waals surface area contributed by atoms with Crippen molar-refractivity contribution in [1.82, 2.24) is 5.32 Å². The molecule has 100 valence electrons. The summed E-state index contributed by atoms with van der Waals surface area (Å²) in [5, 5.41) is 4.44. The first-order chi connectivity index (χ1) is 8.78. The molecule has 1 aromatic carbocycles. The zero-order valence-electron chi connectivity index (χ0n) is 11.0. The van der Waals surface area contributed by atoms with Crippen LogP contribution in [0.2, 0.25) is 5.02 Å². The third-order valence-corrected chi connectivity index (χ3v) is 4.11. The van der Waals surface area contributed by atoms with Crippen LogP contribution in [0.1, 0.15) is 31.7 Å². The van der Waals surface area contributed by atoms with E-state index in [0.717, 1.165) is 50.6 Å². The van der Waals surface area contributed by atoms with Gasteiger partial charge in [0.2, 0.25) is 0 Å². The second-order valence-electron chi connectivity index (χ2n) is 5.05. The molecule has 0 radical (unpaired) electrons. The summed E-state index contributed by atoms with van der Waals surface area (Å²) in [5.74, 6) is 0. The number of hydrogen-bond acceptors (Lipinski definition) is 2. The van der Waals surface area contributed by atoms with Gasteiger partial charge in [-0.2, -0.15) is 0 Å². The molecule has 1 heterocycles. The minimum absolute atomic E-state index is 0.145. The van der Waals surface area contributed by atoms with E-state index in [1.165, 1.54) is 5.56 Å². The fraction of sp³-hybridized carbons (Fsp3) is 0.600. The number of rotatable bonds is 5. The molecular formula is C15H22ClNO. The van der Waals surface area contributed by atoms with Crippen LogP contribution in [0.4, 0.5) is 0 Å². The third-order valence-electron chi connectivity index (χ3n) is 3.79. The van der Waals surface area contributed by atoms with Crippen LogP contribution >= 0.6 is 11.6 Å². The molecular weight excluding hydrogens is 246 g/mol. The molecule has 1 aromatic rings. The summed E-state index contributed by atoms with van der Waals surface area (Å²) in [6, 6.07) is 8.24. The molecule has 1 N–H and O–H groups in total. The van der Waals surface area contributed by atoms with Crippen molar-refractivity contribution in [3.8, 4) is 0 Å². The summed E-state index contributed by atoms with van der Waals surface area (Å²) in [6.45, 7) is 5.91. The van der Waals surface area contributed by atoms with Gasteiger partial charge in [-0.1, -0.05) is 36.7 Å². The summed E-state index contributed by atoms with van der Waals surface area (Å²) >= 11 is 6.39.